The van der Waals surface area contributed by atoms with Gasteiger partial charge in [0, 0.05) is 22.6 Å². The summed E-state index contributed by atoms with van der Waals surface area (Å²) in [6.07, 6.45) is 0. The molecule has 0 aliphatic carbocycles. The number of halogens is 2. The van der Waals surface area contributed by atoms with Gasteiger partial charge in [-0.15, -0.1) is 0 Å². The van der Waals surface area contributed by atoms with Crippen molar-refractivity contribution < 1.29 is 26.9 Å². The number of para-hydroxylation sites is 1. The van der Waals surface area contributed by atoms with E-state index in [9.17, 15) is 18.0 Å². The standard InChI is InChI=1S/C23H18Br2N4O6S/c1-11(30)27-12-6-8-13(9-7-12)36(32,33)35-21-17(34-2)10-15(18(24)19(21)25)23-28-16-5-3-4-14(22(26)31)20(16)29-23/h3-10H,1-2H3,(H2,26,31)(H,27,30)(H,28,29). The van der Waals surface area contributed by atoms with E-state index in [1.807, 2.05) is 0 Å². The van der Waals surface area contributed by atoms with Crippen LogP contribution in [0.4, 0.5) is 5.69 Å². The van der Waals surface area contributed by atoms with Crippen molar-refractivity contribution in [3.05, 3.63) is 63.0 Å². The molecule has 0 aliphatic heterocycles. The number of amides is 2. The van der Waals surface area contributed by atoms with E-state index in [4.69, 9.17) is 14.7 Å². The van der Waals surface area contributed by atoms with E-state index < -0.39 is 16.0 Å². The summed E-state index contributed by atoms with van der Waals surface area (Å²) in [7, 11) is -2.90. The molecular formula is C23H18Br2N4O6S. The number of imidazole rings is 1. The Kier molecular flexibility index (Phi) is 7.07. The Labute approximate surface area is 222 Å². The SMILES string of the molecule is COc1cc(-c2nc3c(C(N)=O)cccc3[nH]2)c(Br)c(Br)c1OS(=O)(=O)c1ccc(NC(C)=O)cc1. The van der Waals surface area contributed by atoms with Crippen molar-refractivity contribution in [3.63, 3.8) is 0 Å². The van der Waals surface area contributed by atoms with Gasteiger partial charge < -0.3 is 25.0 Å². The van der Waals surface area contributed by atoms with Crippen molar-refractivity contribution in [1.29, 1.82) is 0 Å². The van der Waals surface area contributed by atoms with Gasteiger partial charge in [-0.05, 0) is 74.3 Å². The Morgan fingerprint density at radius 3 is 2.39 bits per heavy atom. The van der Waals surface area contributed by atoms with Crippen LogP contribution in [0.15, 0.2) is 62.4 Å². The number of hydrogen-bond acceptors (Lipinski definition) is 7. The summed E-state index contributed by atoms with van der Waals surface area (Å²) in [4.78, 5) is 30.5. The number of nitrogens with zero attached hydrogens (tertiary/aromatic N) is 1. The first-order chi connectivity index (χ1) is 17.0. The first-order valence-corrected chi connectivity index (χ1v) is 13.2. The predicted octanol–water partition coefficient (Wildman–Crippen LogP) is 4.59. The van der Waals surface area contributed by atoms with Crippen molar-refractivity contribution in [2.24, 2.45) is 5.73 Å². The quantitative estimate of drug-likeness (QED) is 0.251. The molecule has 0 atom stereocenters. The lowest BCUT2D eigenvalue weighted by molar-refractivity contribution is -0.114. The zero-order valence-electron chi connectivity index (χ0n) is 18.8. The number of methoxy groups -OCH3 is 1. The van der Waals surface area contributed by atoms with Gasteiger partial charge in [-0.2, -0.15) is 8.42 Å². The predicted molar refractivity (Wildman–Crippen MR) is 141 cm³/mol. The summed E-state index contributed by atoms with van der Waals surface area (Å²) in [5.41, 5.74) is 7.66. The van der Waals surface area contributed by atoms with E-state index in [1.165, 1.54) is 38.3 Å². The largest absolute Gasteiger partial charge is 0.493 e. The van der Waals surface area contributed by atoms with Gasteiger partial charge in [0.15, 0.2) is 11.5 Å². The average Bonchev–Trinajstić information content (AvgIpc) is 3.26. The second-order valence-corrected chi connectivity index (χ2v) is 10.6. The van der Waals surface area contributed by atoms with Crippen LogP contribution in [-0.2, 0) is 14.9 Å². The number of ether oxygens (including phenoxy) is 1. The van der Waals surface area contributed by atoms with Crippen molar-refractivity contribution >= 4 is 70.5 Å². The van der Waals surface area contributed by atoms with Crippen LogP contribution in [0.5, 0.6) is 11.5 Å². The minimum Gasteiger partial charge on any atom is -0.493 e. The van der Waals surface area contributed by atoms with E-state index >= 15 is 0 Å². The molecule has 0 saturated carbocycles. The van der Waals surface area contributed by atoms with Crippen LogP contribution in [0.25, 0.3) is 22.4 Å². The number of H-pyrrole nitrogens is 1. The molecule has 4 aromatic rings. The highest BCUT2D eigenvalue weighted by atomic mass is 79.9. The topological polar surface area (TPSA) is 153 Å². The molecule has 1 aromatic heterocycles. The van der Waals surface area contributed by atoms with Gasteiger partial charge >= 0.3 is 10.1 Å². The minimum absolute atomic E-state index is 0.0898. The van der Waals surface area contributed by atoms with Gasteiger partial charge in [-0.3, -0.25) is 9.59 Å². The number of primary amides is 1. The number of aromatic amines is 1. The van der Waals surface area contributed by atoms with Crippen LogP contribution in [0.1, 0.15) is 17.3 Å². The second kappa shape index (κ2) is 9.91. The number of benzene rings is 3. The number of rotatable bonds is 7. The maximum absolute atomic E-state index is 13.0. The van der Waals surface area contributed by atoms with E-state index in [-0.39, 0.29) is 32.3 Å². The van der Waals surface area contributed by atoms with Gasteiger partial charge in [0.1, 0.15) is 16.2 Å². The second-order valence-electron chi connectivity index (χ2n) is 7.48. The molecule has 2 amide bonds. The monoisotopic (exact) mass is 636 g/mol. The van der Waals surface area contributed by atoms with E-state index in [0.29, 0.717) is 32.6 Å². The number of anilines is 1. The first kappa shape index (κ1) is 25.7. The highest BCUT2D eigenvalue weighted by Gasteiger charge is 2.26. The van der Waals surface area contributed by atoms with Crippen molar-refractivity contribution in [2.45, 2.75) is 11.8 Å². The summed E-state index contributed by atoms with van der Waals surface area (Å²) in [5, 5.41) is 2.57. The number of nitrogens with two attached hydrogens (primary N) is 1. The molecule has 4 rings (SSSR count). The van der Waals surface area contributed by atoms with E-state index in [1.54, 1.807) is 24.3 Å². The molecule has 10 nitrogen and oxygen atoms in total. The lowest BCUT2D eigenvalue weighted by atomic mass is 10.2. The number of carbonyl (C=O) groups excluding carboxylic acids is 2. The molecule has 0 bridgehead atoms. The molecule has 0 radical (unpaired) electrons. The van der Waals surface area contributed by atoms with Crippen molar-refractivity contribution in [2.75, 3.05) is 12.4 Å². The summed E-state index contributed by atoms with van der Waals surface area (Å²) in [5.74, 6) is -0.499. The van der Waals surface area contributed by atoms with Gasteiger partial charge in [0.25, 0.3) is 5.91 Å². The molecule has 4 N–H and O–H groups in total. The van der Waals surface area contributed by atoms with Crippen LogP contribution in [0.3, 0.4) is 0 Å². The Morgan fingerprint density at radius 2 is 1.78 bits per heavy atom. The lowest BCUT2D eigenvalue weighted by Gasteiger charge is -2.16. The lowest BCUT2D eigenvalue weighted by Crippen LogP contribution is -2.12. The normalized spacial score (nSPS) is 11.3. The third-order valence-corrected chi connectivity index (χ3v) is 8.39. The Hall–Kier alpha value is -3.42. The van der Waals surface area contributed by atoms with Gasteiger partial charge in [-0.25, -0.2) is 4.98 Å². The fourth-order valence-electron chi connectivity index (χ4n) is 3.41. The van der Waals surface area contributed by atoms with Crippen LogP contribution in [0.2, 0.25) is 0 Å². The molecule has 0 spiro atoms. The maximum atomic E-state index is 13.0. The fourth-order valence-corrected chi connectivity index (χ4v) is 5.44. The summed E-state index contributed by atoms with van der Waals surface area (Å²) in [6, 6.07) is 12.1. The highest BCUT2D eigenvalue weighted by Crippen LogP contribution is 2.46. The minimum atomic E-state index is -4.26. The number of aromatic nitrogens is 2. The number of nitrogens with one attached hydrogen (secondary N) is 2. The van der Waals surface area contributed by atoms with Gasteiger partial charge in [-0.1, -0.05) is 6.07 Å². The highest BCUT2D eigenvalue weighted by molar-refractivity contribution is 9.13. The Bertz CT molecular complexity index is 1620. The molecule has 0 fully saturated rings. The zero-order valence-corrected chi connectivity index (χ0v) is 22.7. The molecule has 186 valence electrons. The van der Waals surface area contributed by atoms with Gasteiger partial charge in [0.05, 0.1) is 22.7 Å². The Balaban J connectivity index is 1.75. The summed E-state index contributed by atoms with van der Waals surface area (Å²) >= 11 is 6.85. The average molecular weight is 638 g/mol. The molecular weight excluding hydrogens is 620 g/mol. The summed E-state index contributed by atoms with van der Waals surface area (Å²) < 4.78 is 37.5. The smallest absolute Gasteiger partial charge is 0.339 e. The van der Waals surface area contributed by atoms with Crippen molar-refractivity contribution in [3.8, 4) is 22.9 Å². The molecule has 0 unspecified atom stereocenters. The molecule has 0 aliphatic rings. The van der Waals surface area contributed by atoms with Crippen molar-refractivity contribution in [1.82, 2.24) is 9.97 Å². The zero-order chi connectivity index (χ0) is 26.2. The third kappa shape index (κ3) is 4.94. The summed E-state index contributed by atoms with van der Waals surface area (Å²) in [6.45, 7) is 1.35. The van der Waals surface area contributed by atoms with Crippen LogP contribution >= 0.6 is 31.9 Å². The van der Waals surface area contributed by atoms with Crippen LogP contribution < -0.4 is 20.0 Å². The number of hydrogen-bond donors (Lipinski definition) is 3. The third-order valence-electron chi connectivity index (χ3n) is 5.04. The van der Waals surface area contributed by atoms with Crippen LogP contribution in [-0.4, -0.2) is 37.3 Å². The van der Waals surface area contributed by atoms with E-state index in [2.05, 4.69) is 47.1 Å². The van der Waals surface area contributed by atoms with Crippen LogP contribution in [0, 0.1) is 0 Å². The molecule has 0 saturated heterocycles. The molecule has 3 aromatic carbocycles. The number of carbonyl (C=O) groups is 2. The first-order valence-electron chi connectivity index (χ1n) is 10.2. The van der Waals surface area contributed by atoms with E-state index in [0.717, 1.165) is 0 Å². The molecule has 1 heterocycles. The van der Waals surface area contributed by atoms with Gasteiger partial charge in [0.2, 0.25) is 5.91 Å². The molecule has 36 heavy (non-hydrogen) atoms. The maximum Gasteiger partial charge on any atom is 0.339 e. The Morgan fingerprint density at radius 1 is 1.08 bits per heavy atom. The fraction of sp³-hybridized carbons (Fsp3) is 0.0870. The molecule has 13 heteroatoms. The number of fused-ring (bicyclic) bond motifs is 1.